The Balaban J connectivity index is 1.53. The first-order chi connectivity index (χ1) is 8.78. The van der Waals surface area contributed by atoms with Crippen molar-refractivity contribution >= 4 is 5.91 Å². The predicted octanol–water partition coefficient (Wildman–Crippen LogP) is 2.60. The van der Waals surface area contributed by atoms with Gasteiger partial charge < -0.3 is 10.6 Å². The molecule has 0 saturated heterocycles. The molecular formula is C15H28N2O. The van der Waals surface area contributed by atoms with Crippen molar-refractivity contribution in [2.75, 3.05) is 7.05 Å². The summed E-state index contributed by atoms with van der Waals surface area (Å²) in [5, 5.41) is 6.53. The normalized spacial score (nSPS) is 28.7. The van der Waals surface area contributed by atoms with Gasteiger partial charge in [-0.05, 0) is 51.5 Å². The minimum atomic E-state index is 0.280. The third kappa shape index (κ3) is 4.27. The number of nitrogens with one attached hydrogen (secondary N) is 2. The minimum Gasteiger partial charge on any atom is -0.353 e. The SMILES string of the molecule is CNC1CCC(NC(=O)CCCC2CCC2)CC1. The Morgan fingerprint density at radius 1 is 1.06 bits per heavy atom. The lowest BCUT2D eigenvalue weighted by molar-refractivity contribution is -0.122. The van der Waals surface area contributed by atoms with Crippen molar-refractivity contribution in [2.45, 2.75) is 76.3 Å². The van der Waals surface area contributed by atoms with E-state index in [2.05, 4.69) is 10.6 Å². The smallest absolute Gasteiger partial charge is 0.220 e. The Morgan fingerprint density at radius 2 is 1.72 bits per heavy atom. The molecule has 104 valence electrons. The summed E-state index contributed by atoms with van der Waals surface area (Å²) < 4.78 is 0. The molecule has 2 aliphatic rings. The fourth-order valence-corrected chi connectivity index (χ4v) is 3.16. The maximum atomic E-state index is 11.8. The maximum absolute atomic E-state index is 11.8. The molecule has 2 rings (SSSR count). The lowest BCUT2D eigenvalue weighted by atomic mass is 9.82. The minimum absolute atomic E-state index is 0.280. The molecule has 2 saturated carbocycles. The topological polar surface area (TPSA) is 41.1 Å². The molecular weight excluding hydrogens is 224 g/mol. The van der Waals surface area contributed by atoms with Gasteiger partial charge in [0.15, 0.2) is 0 Å². The Labute approximate surface area is 111 Å². The first-order valence-electron chi connectivity index (χ1n) is 7.74. The zero-order chi connectivity index (χ0) is 12.8. The van der Waals surface area contributed by atoms with E-state index in [-0.39, 0.29) is 5.91 Å². The first-order valence-corrected chi connectivity index (χ1v) is 7.74. The molecule has 1 amide bonds. The number of carbonyl (C=O) groups is 1. The van der Waals surface area contributed by atoms with Crippen molar-refractivity contribution < 1.29 is 4.79 Å². The number of rotatable bonds is 6. The average molecular weight is 252 g/mol. The van der Waals surface area contributed by atoms with Crippen LogP contribution in [0.1, 0.15) is 64.2 Å². The first kappa shape index (κ1) is 13.9. The third-order valence-corrected chi connectivity index (χ3v) is 4.74. The van der Waals surface area contributed by atoms with E-state index in [1.165, 1.54) is 38.5 Å². The fraction of sp³-hybridized carbons (Fsp3) is 0.933. The quantitative estimate of drug-likeness (QED) is 0.763. The summed E-state index contributed by atoms with van der Waals surface area (Å²) >= 11 is 0. The highest BCUT2D eigenvalue weighted by atomic mass is 16.1. The molecule has 0 bridgehead atoms. The Bertz CT molecular complexity index is 255. The van der Waals surface area contributed by atoms with Gasteiger partial charge in [-0.25, -0.2) is 0 Å². The summed E-state index contributed by atoms with van der Waals surface area (Å²) in [5.41, 5.74) is 0. The molecule has 3 heteroatoms. The number of carbonyl (C=O) groups excluding carboxylic acids is 1. The van der Waals surface area contributed by atoms with Crippen molar-refractivity contribution in [1.82, 2.24) is 10.6 Å². The van der Waals surface area contributed by atoms with Gasteiger partial charge in [-0.1, -0.05) is 19.3 Å². The van der Waals surface area contributed by atoms with Crippen LogP contribution in [0, 0.1) is 5.92 Å². The molecule has 3 nitrogen and oxygen atoms in total. The summed E-state index contributed by atoms with van der Waals surface area (Å²) in [6.07, 6.45) is 12.0. The molecule has 0 spiro atoms. The highest BCUT2D eigenvalue weighted by Crippen LogP contribution is 2.30. The highest BCUT2D eigenvalue weighted by molar-refractivity contribution is 5.76. The lowest BCUT2D eigenvalue weighted by Gasteiger charge is -2.29. The van der Waals surface area contributed by atoms with Gasteiger partial charge in [-0.3, -0.25) is 4.79 Å². The Kier molecular flexibility index (Phi) is 5.48. The van der Waals surface area contributed by atoms with Gasteiger partial charge in [-0.15, -0.1) is 0 Å². The van der Waals surface area contributed by atoms with E-state index in [1.807, 2.05) is 7.05 Å². The largest absolute Gasteiger partial charge is 0.353 e. The van der Waals surface area contributed by atoms with Crippen LogP contribution in [0.5, 0.6) is 0 Å². The highest BCUT2D eigenvalue weighted by Gasteiger charge is 2.21. The van der Waals surface area contributed by atoms with Crippen LogP contribution < -0.4 is 10.6 Å². The van der Waals surface area contributed by atoms with Crippen LogP contribution in [0.15, 0.2) is 0 Å². The Morgan fingerprint density at radius 3 is 2.28 bits per heavy atom. The molecule has 0 heterocycles. The van der Waals surface area contributed by atoms with Crippen molar-refractivity contribution in [3.05, 3.63) is 0 Å². The van der Waals surface area contributed by atoms with Crippen LogP contribution in [-0.4, -0.2) is 25.0 Å². The number of amides is 1. The van der Waals surface area contributed by atoms with Crippen molar-refractivity contribution in [2.24, 2.45) is 5.92 Å². The van der Waals surface area contributed by atoms with E-state index < -0.39 is 0 Å². The van der Waals surface area contributed by atoms with Crippen LogP contribution in [0.3, 0.4) is 0 Å². The van der Waals surface area contributed by atoms with Gasteiger partial charge in [0, 0.05) is 18.5 Å². The summed E-state index contributed by atoms with van der Waals surface area (Å²) in [6, 6.07) is 1.10. The zero-order valence-corrected chi connectivity index (χ0v) is 11.7. The summed E-state index contributed by atoms with van der Waals surface area (Å²) in [6.45, 7) is 0. The third-order valence-electron chi connectivity index (χ3n) is 4.74. The second-order valence-electron chi connectivity index (χ2n) is 6.09. The average Bonchev–Trinajstić information content (AvgIpc) is 2.33. The van der Waals surface area contributed by atoms with Gasteiger partial charge in [0.05, 0.1) is 0 Å². The zero-order valence-electron chi connectivity index (χ0n) is 11.7. The van der Waals surface area contributed by atoms with E-state index in [1.54, 1.807) is 0 Å². The van der Waals surface area contributed by atoms with Gasteiger partial charge in [0.25, 0.3) is 0 Å². The van der Waals surface area contributed by atoms with Crippen molar-refractivity contribution in [3.63, 3.8) is 0 Å². The molecule has 0 unspecified atom stereocenters. The molecule has 0 aromatic heterocycles. The summed E-state index contributed by atoms with van der Waals surface area (Å²) in [4.78, 5) is 11.8. The number of hydrogen-bond acceptors (Lipinski definition) is 2. The molecule has 2 aliphatic carbocycles. The van der Waals surface area contributed by atoms with Crippen LogP contribution in [0.25, 0.3) is 0 Å². The molecule has 0 aromatic carbocycles. The number of hydrogen-bond donors (Lipinski definition) is 2. The van der Waals surface area contributed by atoms with Crippen LogP contribution in [-0.2, 0) is 4.79 Å². The second-order valence-corrected chi connectivity index (χ2v) is 6.09. The van der Waals surface area contributed by atoms with Crippen molar-refractivity contribution in [3.8, 4) is 0 Å². The molecule has 0 atom stereocenters. The van der Waals surface area contributed by atoms with Crippen LogP contribution in [0.4, 0.5) is 0 Å². The molecule has 0 aromatic rings. The van der Waals surface area contributed by atoms with E-state index in [0.717, 1.165) is 31.6 Å². The van der Waals surface area contributed by atoms with E-state index in [9.17, 15) is 4.79 Å². The molecule has 0 radical (unpaired) electrons. The maximum Gasteiger partial charge on any atom is 0.220 e. The van der Waals surface area contributed by atoms with Gasteiger partial charge in [0.2, 0.25) is 5.91 Å². The fourth-order valence-electron chi connectivity index (χ4n) is 3.16. The van der Waals surface area contributed by atoms with Crippen LogP contribution >= 0.6 is 0 Å². The molecule has 0 aliphatic heterocycles. The molecule has 2 fully saturated rings. The van der Waals surface area contributed by atoms with E-state index in [0.29, 0.717) is 12.1 Å². The monoisotopic (exact) mass is 252 g/mol. The second kappa shape index (κ2) is 7.13. The summed E-state index contributed by atoms with van der Waals surface area (Å²) in [5.74, 6) is 1.21. The van der Waals surface area contributed by atoms with E-state index >= 15 is 0 Å². The standard InChI is InChI=1S/C15H28N2O/c1-16-13-8-10-14(11-9-13)17-15(18)7-3-6-12-4-2-5-12/h12-14,16H,2-11H2,1H3,(H,17,18). The Hall–Kier alpha value is -0.570. The van der Waals surface area contributed by atoms with Gasteiger partial charge in [-0.2, -0.15) is 0 Å². The van der Waals surface area contributed by atoms with Gasteiger partial charge in [0.1, 0.15) is 0 Å². The van der Waals surface area contributed by atoms with Crippen LogP contribution in [0.2, 0.25) is 0 Å². The molecule has 18 heavy (non-hydrogen) atoms. The summed E-state index contributed by atoms with van der Waals surface area (Å²) in [7, 11) is 2.03. The lowest BCUT2D eigenvalue weighted by Crippen LogP contribution is -2.41. The van der Waals surface area contributed by atoms with Crippen molar-refractivity contribution in [1.29, 1.82) is 0 Å². The predicted molar refractivity (Wildman–Crippen MR) is 74.4 cm³/mol. The van der Waals surface area contributed by atoms with E-state index in [4.69, 9.17) is 0 Å². The molecule has 2 N–H and O–H groups in total. The van der Waals surface area contributed by atoms with Gasteiger partial charge >= 0.3 is 0 Å².